The van der Waals surface area contributed by atoms with Crippen LogP contribution in [0.3, 0.4) is 0 Å². The molecule has 3 aliphatic rings. The minimum atomic E-state index is 0. The first-order chi connectivity index (χ1) is 17.4. The Bertz CT molecular complexity index is 288. The molecule has 3 fully saturated rings. The zero-order valence-electron chi connectivity index (χ0n) is 29.6. The van der Waals surface area contributed by atoms with Crippen molar-refractivity contribution in [3.05, 3.63) is 0 Å². The number of rotatable bonds is 3. The maximum Gasteiger partial charge on any atom is 0.00386 e. The van der Waals surface area contributed by atoms with E-state index in [4.69, 9.17) is 0 Å². The van der Waals surface area contributed by atoms with Crippen LogP contribution in [-0.4, -0.2) is 72.1 Å². The number of nitrogens with zero attached hydrogens (tertiary/aromatic N) is 3. The molecule has 39 heavy (non-hydrogen) atoms. The zero-order chi connectivity index (χ0) is 29.9. The molecule has 3 heteroatoms. The van der Waals surface area contributed by atoms with Crippen LogP contribution >= 0.6 is 0 Å². The number of hydrogen-bond acceptors (Lipinski definition) is 3. The Balaban J connectivity index is -0.0000000402. The Morgan fingerprint density at radius 1 is 0.282 bits per heavy atom. The second-order valence-corrected chi connectivity index (χ2v) is 8.51. The van der Waals surface area contributed by atoms with Gasteiger partial charge in [0.1, 0.15) is 0 Å². The molecule has 0 bridgehead atoms. The van der Waals surface area contributed by atoms with Crippen LogP contribution in [0.15, 0.2) is 0 Å². The molecule has 0 atom stereocenters. The lowest BCUT2D eigenvalue weighted by Gasteiger charge is -2.34. The average Bonchev–Trinajstić information content (AvgIpc) is 3.47. The van der Waals surface area contributed by atoms with Crippen LogP contribution in [0.25, 0.3) is 0 Å². The van der Waals surface area contributed by atoms with Gasteiger partial charge in [-0.05, 0) is 113 Å². The Kier molecular flexibility index (Phi) is 92.5. The van der Waals surface area contributed by atoms with E-state index >= 15 is 0 Å². The predicted octanol–water partition coefficient (Wildman–Crippen LogP) is 12.5. The Morgan fingerprint density at radius 2 is 0.436 bits per heavy atom. The molecule has 0 aromatic rings. The second-order valence-electron chi connectivity index (χ2n) is 8.51. The molecule has 3 rings (SSSR count). The van der Waals surface area contributed by atoms with Gasteiger partial charge in [-0.15, -0.1) is 0 Å². The van der Waals surface area contributed by atoms with Gasteiger partial charge in [0, 0.05) is 18.1 Å². The topological polar surface area (TPSA) is 9.72 Å². The molecule has 0 saturated carbocycles. The van der Waals surface area contributed by atoms with Crippen molar-refractivity contribution in [2.45, 2.75) is 204 Å². The van der Waals surface area contributed by atoms with E-state index in [1.165, 1.54) is 77.8 Å². The Hall–Kier alpha value is -0.120. The highest BCUT2D eigenvalue weighted by Gasteiger charge is 2.15. The van der Waals surface area contributed by atoms with Crippen LogP contribution in [-0.2, 0) is 0 Å². The predicted molar refractivity (Wildman–Crippen MR) is 196 cm³/mol. The second kappa shape index (κ2) is 57.7. The summed E-state index contributed by atoms with van der Waals surface area (Å²) in [5, 5.41) is 0. The van der Waals surface area contributed by atoms with E-state index in [1.54, 1.807) is 0 Å². The molecule has 252 valence electrons. The molecule has 0 unspecified atom stereocenters. The van der Waals surface area contributed by atoms with Crippen molar-refractivity contribution in [3.63, 3.8) is 0 Å². The standard InChI is InChI=1S/C8H17N.C7H15N.C6H13N.6C2H6.3CH4/c1-8(2)9-6-4-3-5-7-9;1-7(2)8-5-3-4-6-8;1-6(2)7-4-3-5-7;6*1-2;;;/h8H,3-7H2,1-2H3;7H,3-6H2,1-2H3;6H,3-5H2,1-2H3;6*1-2H3;3*1H4. The van der Waals surface area contributed by atoms with Crippen LogP contribution < -0.4 is 0 Å². The SMILES string of the molecule is C.C.C.CC.CC.CC.CC.CC.CC.CC(C)N1CCC1.CC(C)N1CCCC1.CC(C)N1CCCCC1. The van der Waals surface area contributed by atoms with Gasteiger partial charge in [-0.25, -0.2) is 0 Å². The molecule has 0 aromatic heterocycles. The largest absolute Gasteiger partial charge is 0.301 e. The zero-order valence-corrected chi connectivity index (χ0v) is 29.6. The van der Waals surface area contributed by atoms with Gasteiger partial charge in [-0.1, -0.05) is 112 Å². The summed E-state index contributed by atoms with van der Waals surface area (Å²) in [5.74, 6) is 0. The fourth-order valence-electron chi connectivity index (χ4n) is 3.55. The van der Waals surface area contributed by atoms with Gasteiger partial charge in [0.2, 0.25) is 0 Å². The molecule has 0 amide bonds. The third kappa shape index (κ3) is 45.1. The molecule has 0 radical (unpaired) electrons. The van der Waals surface area contributed by atoms with Gasteiger partial charge in [0.05, 0.1) is 0 Å². The fraction of sp³-hybridized carbons (Fsp3) is 1.00. The Morgan fingerprint density at radius 3 is 0.538 bits per heavy atom. The summed E-state index contributed by atoms with van der Waals surface area (Å²) in [4.78, 5) is 7.56. The number of hydrogen-bond donors (Lipinski definition) is 0. The maximum atomic E-state index is 2.56. The van der Waals surface area contributed by atoms with Gasteiger partial charge >= 0.3 is 0 Å². The van der Waals surface area contributed by atoms with Gasteiger partial charge < -0.3 is 14.7 Å². The van der Waals surface area contributed by atoms with E-state index in [0.29, 0.717) is 0 Å². The van der Waals surface area contributed by atoms with Crippen LogP contribution in [0.4, 0.5) is 0 Å². The van der Waals surface area contributed by atoms with Crippen LogP contribution in [0, 0.1) is 0 Å². The molecule has 0 N–H and O–H groups in total. The summed E-state index contributed by atoms with van der Waals surface area (Å²) in [5.41, 5.74) is 0. The molecule has 3 nitrogen and oxygen atoms in total. The first-order valence-corrected chi connectivity index (χ1v) is 16.6. The summed E-state index contributed by atoms with van der Waals surface area (Å²) >= 11 is 0. The van der Waals surface area contributed by atoms with Crippen molar-refractivity contribution < 1.29 is 0 Å². The van der Waals surface area contributed by atoms with Crippen molar-refractivity contribution in [1.82, 2.24) is 14.7 Å². The third-order valence-electron chi connectivity index (χ3n) is 5.61. The van der Waals surface area contributed by atoms with Crippen LogP contribution in [0.2, 0.25) is 0 Å². The van der Waals surface area contributed by atoms with E-state index in [9.17, 15) is 0 Å². The molecular formula is C36H93N3. The highest BCUT2D eigenvalue weighted by Crippen LogP contribution is 2.11. The maximum absolute atomic E-state index is 2.56. The molecular weight excluding hydrogens is 474 g/mol. The van der Waals surface area contributed by atoms with Crippen LogP contribution in [0.1, 0.15) is 185 Å². The van der Waals surface area contributed by atoms with Gasteiger partial charge in [-0.3, -0.25) is 0 Å². The molecule has 3 heterocycles. The van der Waals surface area contributed by atoms with Crippen molar-refractivity contribution in [2.75, 3.05) is 39.3 Å². The molecule has 0 aliphatic carbocycles. The monoisotopic (exact) mass is 568 g/mol. The lowest BCUT2D eigenvalue weighted by molar-refractivity contribution is 0.138. The highest BCUT2D eigenvalue weighted by atomic mass is 15.2. The summed E-state index contributed by atoms with van der Waals surface area (Å²) in [6.45, 7) is 45.6. The molecule has 3 aliphatic heterocycles. The lowest BCUT2D eigenvalue weighted by atomic mass is 10.1. The van der Waals surface area contributed by atoms with Gasteiger partial charge in [-0.2, -0.15) is 0 Å². The Labute approximate surface area is 257 Å². The highest BCUT2D eigenvalue weighted by molar-refractivity contribution is 4.71. The molecule has 3 saturated heterocycles. The average molecular weight is 568 g/mol. The number of piperidine rings is 1. The smallest absolute Gasteiger partial charge is 0.00386 e. The quantitative estimate of drug-likeness (QED) is 0.336. The summed E-state index contributed by atoms with van der Waals surface area (Å²) < 4.78 is 0. The molecule has 0 spiro atoms. The summed E-state index contributed by atoms with van der Waals surface area (Å²) in [6.07, 6.45) is 8.52. The van der Waals surface area contributed by atoms with E-state index in [-0.39, 0.29) is 22.3 Å². The van der Waals surface area contributed by atoms with E-state index in [0.717, 1.165) is 18.1 Å². The van der Waals surface area contributed by atoms with E-state index < -0.39 is 0 Å². The minimum absolute atomic E-state index is 0. The third-order valence-corrected chi connectivity index (χ3v) is 5.61. The fourth-order valence-corrected chi connectivity index (χ4v) is 3.55. The van der Waals surface area contributed by atoms with Crippen molar-refractivity contribution in [1.29, 1.82) is 0 Å². The van der Waals surface area contributed by atoms with Crippen LogP contribution in [0.5, 0.6) is 0 Å². The van der Waals surface area contributed by atoms with Gasteiger partial charge in [0.15, 0.2) is 0 Å². The number of likely N-dealkylation sites (tertiary alicyclic amines) is 3. The first-order valence-electron chi connectivity index (χ1n) is 16.6. The van der Waals surface area contributed by atoms with E-state index in [2.05, 4.69) is 56.2 Å². The van der Waals surface area contributed by atoms with Crippen molar-refractivity contribution in [3.8, 4) is 0 Å². The van der Waals surface area contributed by atoms with Crippen molar-refractivity contribution >= 4 is 0 Å². The summed E-state index contributed by atoms with van der Waals surface area (Å²) in [6, 6.07) is 2.33. The van der Waals surface area contributed by atoms with Crippen molar-refractivity contribution in [2.24, 2.45) is 0 Å². The van der Waals surface area contributed by atoms with E-state index in [1.807, 2.05) is 83.1 Å². The molecule has 0 aromatic carbocycles. The summed E-state index contributed by atoms with van der Waals surface area (Å²) in [7, 11) is 0. The minimum Gasteiger partial charge on any atom is -0.301 e. The normalized spacial score (nSPS) is 15.0. The lowest BCUT2D eigenvalue weighted by Crippen LogP contribution is -2.41. The first kappa shape index (κ1) is 62.5. The van der Waals surface area contributed by atoms with Gasteiger partial charge in [0.25, 0.3) is 0 Å².